The van der Waals surface area contributed by atoms with Crippen LogP contribution in [0.4, 0.5) is 0 Å². The lowest BCUT2D eigenvalue weighted by molar-refractivity contribution is -0.121. The number of fused-ring (bicyclic) bond motifs is 3. The lowest BCUT2D eigenvalue weighted by Crippen LogP contribution is -2.65. The van der Waals surface area contributed by atoms with E-state index in [2.05, 4.69) is 11.0 Å². The minimum Gasteiger partial charge on any atom is -0.496 e. The number of carbonyl (C=O) groups is 2. The molecule has 2 heterocycles. The van der Waals surface area contributed by atoms with Gasteiger partial charge in [0, 0.05) is 47.0 Å². The summed E-state index contributed by atoms with van der Waals surface area (Å²) < 4.78 is 22.2. The molecule has 0 amide bonds. The van der Waals surface area contributed by atoms with Crippen molar-refractivity contribution >= 4 is 11.6 Å². The Kier molecular flexibility index (Phi) is 6.62. The van der Waals surface area contributed by atoms with Crippen molar-refractivity contribution in [2.75, 3.05) is 42.0 Å². The van der Waals surface area contributed by atoms with Gasteiger partial charge in [-0.3, -0.25) is 19.4 Å². The van der Waals surface area contributed by atoms with Crippen LogP contribution in [0.1, 0.15) is 24.5 Å². The van der Waals surface area contributed by atoms with Gasteiger partial charge in [0.1, 0.15) is 11.8 Å². The second kappa shape index (κ2) is 9.36. The van der Waals surface area contributed by atoms with E-state index in [1.807, 2.05) is 24.9 Å². The fraction of sp³-hybridized carbons (Fsp3) is 0.500. The molecule has 1 aliphatic carbocycles. The van der Waals surface area contributed by atoms with E-state index in [9.17, 15) is 14.9 Å². The lowest BCUT2D eigenvalue weighted by Gasteiger charge is -2.52. The third-order valence-electron chi connectivity index (χ3n) is 7.51. The lowest BCUT2D eigenvalue weighted by atomic mass is 9.74. The number of ketones is 2. The Morgan fingerprint density at radius 1 is 1.03 bits per heavy atom. The number of nitrogens with zero attached hydrogens (tertiary/aromatic N) is 3. The molecule has 0 saturated carbocycles. The Labute approximate surface area is 205 Å². The van der Waals surface area contributed by atoms with Gasteiger partial charge < -0.3 is 18.9 Å². The van der Waals surface area contributed by atoms with E-state index >= 15 is 0 Å². The quantitative estimate of drug-likeness (QED) is 0.566. The summed E-state index contributed by atoms with van der Waals surface area (Å²) in [7, 11) is 8.08. The highest BCUT2D eigenvalue weighted by Crippen LogP contribution is 2.44. The Bertz CT molecular complexity index is 1190. The van der Waals surface area contributed by atoms with Gasteiger partial charge in [-0.2, -0.15) is 5.26 Å². The van der Waals surface area contributed by atoms with Crippen LogP contribution < -0.4 is 14.2 Å². The van der Waals surface area contributed by atoms with Crippen molar-refractivity contribution in [3.63, 3.8) is 0 Å². The molecule has 2 bridgehead atoms. The standard InChI is InChI=1S/C26H31N3O6/c1-13-20(32-4)8-15(26(35-7)25(13)34-6)11-29-12-19-21-16(9-17(28(19)3)18(29)10-27)22(30)14(2)24(33-5)23(21)31/h8,17-19H,9,11-12H2,1-7H3/t17-,18-,19-/m0/s1. The maximum absolute atomic E-state index is 13.4. The molecule has 1 saturated heterocycles. The predicted molar refractivity (Wildman–Crippen MR) is 127 cm³/mol. The summed E-state index contributed by atoms with van der Waals surface area (Å²) >= 11 is 0. The van der Waals surface area contributed by atoms with Crippen LogP contribution in [0.2, 0.25) is 0 Å². The summed E-state index contributed by atoms with van der Waals surface area (Å²) in [5.74, 6) is 1.50. The average molecular weight is 482 g/mol. The number of benzene rings is 1. The van der Waals surface area contributed by atoms with Gasteiger partial charge in [0.25, 0.3) is 0 Å². The van der Waals surface area contributed by atoms with Gasteiger partial charge in [-0.1, -0.05) is 0 Å². The summed E-state index contributed by atoms with van der Waals surface area (Å²) in [5, 5.41) is 10.2. The molecule has 0 spiro atoms. The summed E-state index contributed by atoms with van der Waals surface area (Å²) in [6, 6.07) is 3.26. The topological polar surface area (TPSA) is 101 Å². The normalized spacial score (nSPS) is 24.8. The molecule has 0 unspecified atom stereocenters. The number of nitriles is 1. The fourth-order valence-corrected chi connectivity index (χ4v) is 5.71. The van der Waals surface area contributed by atoms with E-state index in [1.54, 1.807) is 28.3 Å². The molecule has 9 nitrogen and oxygen atoms in total. The number of likely N-dealkylation sites (N-methyl/N-ethyl adjacent to an activating group) is 1. The predicted octanol–water partition coefficient (Wildman–Crippen LogP) is 2.17. The number of methoxy groups -OCH3 is 4. The Hall–Kier alpha value is -3.35. The molecule has 3 atom stereocenters. The van der Waals surface area contributed by atoms with Crippen molar-refractivity contribution in [1.82, 2.24) is 9.80 Å². The zero-order valence-electron chi connectivity index (χ0n) is 21.2. The van der Waals surface area contributed by atoms with Gasteiger partial charge >= 0.3 is 0 Å². The van der Waals surface area contributed by atoms with Crippen molar-refractivity contribution in [3.05, 3.63) is 39.7 Å². The number of Topliss-reactive ketones (excluding diaryl/α,β-unsaturated/α-hetero) is 2. The van der Waals surface area contributed by atoms with Gasteiger partial charge in [-0.25, -0.2) is 0 Å². The number of carbonyl (C=O) groups excluding carboxylic acids is 2. The van der Waals surface area contributed by atoms with Crippen LogP contribution in [-0.4, -0.2) is 81.5 Å². The average Bonchev–Trinajstić information content (AvgIpc) is 2.84. The SMILES string of the molecule is COC1=C(C)C(=O)C2=C(C1=O)[C@@H]1CN(Cc3cc(OC)c(C)c(OC)c3OC)[C@@H](C#N)[C@H](C2)N1C. The smallest absolute Gasteiger partial charge is 0.225 e. The summed E-state index contributed by atoms with van der Waals surface area (Å²) in [4.78, 5) is 30.6. The summed E-state index contributed by atoms with van der Waals surface area (Å²) in [5.41, 5.74) is 2.94. The summed E-state index contributed by atoms with van der Waals surface area (Å²) in [6.45, 7) is 4.28. The molecular weight excluding hydrogens is 450 g/mol. The van der Waals surface area contributed by atoms with Crippen LogP contribution in [0.25, 0.3) is 0 Å². The van der Waals surface area contributed by atoms with E-state index in [0.717, 1.165) is 11.1 Å². The number of ether oxygens (including phenoxy) is 4. The first-order valence-corrected chi connectivity index (χ1v) is 11.4. The molecule has 1 aromatic carbocycles. The number of rotatable bonds is 6. The van der Waals surface area contributed by atoms with Crippen molar-refractivity contribution in [1.29, 1.82) is 5.26 Å². The first kappa shape index (κ1) is 24.8. The van der Waals surface area contributed by atoms with E-state index < -0.39 is 6.04 Å². The van der Waals surface area contributed by atoms with Crippen LogP contribution in [0, 0.1) is 18.3 Å². The highest BCUT2D eigenvalue weighted by atomic mass is 16.5. The fourth-order valence-electron chi connectivity index (χ4n) is 5.71. The number of allylic oxidation sites excluding steroid dienone is 2. The number of hydrogen-bond acceptors (Lipinski definition) is 9. The highest BCUT2D eigenvalue weighted by molar-refractivity contribution is 6.25. The minimum atomic E-state index is -0.496. The zero-order valence-corrected chi connectivity index (χ0v) is 21.2. The maximum Gasteiger partial charge on any atom is 0.225 e. The number of piperazine rings is 1. The molecular formula is C26H31N3O6. The van der Waals surface area contributed by atoms with Crippen molar-refractivity contribution in [3.8, 4) is 23.3 Å². The Morgan fingerprint density at radius 3 is 2.29 bits per heavy atom. The van der Waals surface area contributed by atoms with E-state index in [4.69, 9.17) is 18.9 Å². The van der Waals surface area contributed by atoms with Crippen molar-refractivity contribution in [2.24, 2.45) is 0 Å². The second-order valence-corrected chi connectivity index (χ2v) is 9.09. The van der Waals surface area contributed by atoms with E-state index in [0.29, 0.717) is 53.5 Å². The van der Waals surface area contributed by atoms with Crippen molar-refractivity contribution in [2.45, 2.75) is 44.9 Å². The van der Waals surface area contributed by atoms with Crippen molar-refractivity contribution < 1.29 is 28.5 Å². The summed E-state index contributed by atoms with van der Waals surface area (Å²) in [6.07, 6.45) is 0.327. The number of hydrogen-bond donors (Lipinski definition) is 0. The van der Waals surface area contributed by atoms with E-state index in [1.165, 1.54) is 7.11 Å². The van der Waals surface area contributed by atoms with Crippen LogP contribution in [0.15, 0.2) is 28.5 Å². The van der Waals surface area contributed by atoms with Crippen LogP contribution in [0.3, 0.4) is 0 Å². The Morgan fingerprint density at radius 2 is 1.71 bits per heavy atom. The minimum absolute atomic E-state index is 0.101. The molecule has 186 valence electrons. The van der Waals surface area contributed by atoms with Crippen LogP contribution >= 0.6 is 0 Å². The van der Waals surface area contributed by atoms with Gasteiger partial charge in [0.15, 0.2) is 23.0 Å². The van der Waals surface area contributed by atoms with Gasteiger partial charge in [0.05, 0.1) is 40.6 Å². The Balaban J connectivity index is 1.77. The molecule has 1 aromatic rings. The molecule has 35 heavy (non-hydrogen) atoms. The first-order valence-electron chi connectivity index (χ1n) is 11.4. The third-order valence-corrected chi connectivity index (χ3v) is 7.51. The van der Waals surface area contributed by atoms with Gasteiger partial charge in [0.2, 0.25) is 5.78 Å². The molecule has 1 fully saturated rings. The van der Waals surface area contributed by atoms with E-state index in [-0.39, 0.29) is 29.4 Å². The van der Waals surface area contributed by atoms with Gasteiger partial charge in [-0.15, -0.1) is 0 Å². The maximum atomic E-state index is 13.4. The molecule has 0 radical (unpaired) electrons. The highest BCUT2D eigenvalue weighted by Gasteiger charge is 2.51. The zero-order chi connectivity index (χ0) is 25.6. The third kappa shape index (κ3) is 3.68. The first-order chi connectivity index (χ1) is 16.7. The molecule has 4 rings (SSSR count). The van der Waals surface area contributed by atoms with Crippen LogP contribution in [-0.2, 0) is 20.9 Å². The molecule has 2 aliphatic heterocycles. The van der Waals surface area contributed by atoms with Gasteiger partial charge in [-0.05, 0) is 33.4 Å². The second-order valence-electron chi connectivity index (χ2n) is 9.09. The molecule has 0 N–H and O–H groups in total. The largest absolute Gasteiger partial charge is 0.496 e. The monoisotopic (exact) mass is 481 g/mol. The molecule has 3 aliphatic rings. The molecule has 0 aromatic heterocycles. The molecule has 9 heteroatoms. The van der Waals surface area contributed by atoms with Crippen LogP contribution in [0.5, 0.6) is 17.2 Å².